The maximum absolute atomic E-state index is 11.4. The Labute approximate surface area is 129 Å². The van der Waals surface area contributed by atoms with Crippen molar-refractivity contribution in [3.8, 4) is 11.5 Å². The second-order valence-corrected chi connectivity index (χ2v) is 4.83. The van der Waals surface area contributed by atoms with Crippen molar-refractivity contribution < 1.29 is 14.3 Å². The van der Waals surface area contributed by atoms with Crippen molar-refractivity contribution in [1.82, 2.24) is 0 Å². The minimum atomic E-state index is 0.383. The number of ether oxygens (including phenoxy) is 2. The van der Waals surface area contributed by atoms with Crippen LogP contribution in [0.25, 0.3) is 10.8 Å². The molecule has 0 amide bonds. The molecule has 0 aliphatic heterocycles. The van der Waals surface area contributed by atoms with E-state index in [9.17, 15) is 4.79 Å². The molecular weight excluding hydrogens is 276 g/mol. The Kier molecular flexibility index (Phi) is 4.35. The topological polar surface area (TPSA) is 35.5 Å². The van der Waals surface area contributed by atoms with Gasteiger partial charge in [0.2, 0.25) is 0 Å². The zero-order chi connectivity index (χ0) is 15.2. The Morgan fingerprint density at radius 3 is 2.32 bits per heavy atom. The van der Waals surface area contributed by atoms with Gasteiger partial charge in [-0.2, -0.15) is 0 Å². The molecule has 0 bridgehead atoms. The highest BCUT2D eigenvalue weighted by Crippen LogP contribution is 2.26. The second kappa shape index (κ2) is 6.76. The third-order valence-corrected chi connectivity index (χ3v) is 3.40. The zero-order valence-corrected chi connectivity index (χ0v) is 12.1. The molecule has 0 fully saturated rings. The standard InChI is InChI=1S/C19H16O3/c20-14-18-17-9-5-4-6-15(17)10-11-19(18)22-13-12-21-16-7-2-1-3-8-16/h1-11,14H,12-13H2. The van der Waals surface area contributed by atoms with E-state index < -0.39 is 0 Å². The van der Waals surface area contributed by atoms with E-state index in [1.165, 1.54) is 0 Å². The Morgan fingerprint density at radius 1 is 0.773 bits per heavy atom. The summed E-state index contributed by atoms with van der Waals surface area (Å²) in [6, 6.07) is 21.1. The first kappa shape index (κ1) is 14.1. The molecule has 3 heteroatoms. The van der Waals surface area contributed by atoms with Gasteiger partial charge in [0.1, 0.15) is 24.7 Å². The van der Waals surface area contributed by atoms with Gasteiger partial charge in [-0.05, 0) is 29.0 Å². The lowest BCUT2D eigenvalue weighted by Gasteiger charge is -2.11. The third kappa shape index (κ3) is 3.09. The fourth-order valence-corrected chi connectivity index (χ4v) is 2.35. The van der Waals surface area contributed by atoms with Gasteiger partial charge in [-0.1, -0.05) is 48.5 Å². The summed E-state index contributed by atoms with van der Waals surface area (Å²) in [4.78, 5) is 11.4. The molecule has 0 heterocycles. The molecule has 0 saturated carbocycles. The predicted octanol–water partition coefficient (Wildman–Crippen LogP) is 4.11. The molecule has 3 rings (SSSR count). The molecular formula is C19H16O3. The van der Waals surface area contributed by atoms with Gasteiger partial charge in [0, 0.05) is 0 Å². The van der Waals surface area contributed by atoms with Crippen molar-refractivity contribution in [2.24, 2.45) is 0 Å². The van der Waals surface area contributed by atoms with Crippen LogP contribution in [0.15, 0.2) is 66.7 Å². The van der Waals surface area contributed by atoms with Crippen LogP contribution >= 0.6 is 0 Å². The number of aldehydes is 1. The third-order valence-electron chi connectivity index (χ3n) is 3.40. The van der Waals surface area contributed by atoms with Gasteiger partial charge in [-0.3, -0.25) is 4.79 Å². The van der Waals surface area contributed by atoms with Crippen molar-refractivity contribution in [2.45, 2.75) is 0 Å². The average molecular weight is 292 g/mol. The molecule has 3 aromatic rings. The summed E-state index contributed by atoms with van der Waals surface area (Å²) in [5.74, 6) is 1.39. The lowest BCUT2D eigenvalue weighted by Crippen LogP contribution is -2.10. The number of hydrogen-bond donors (Lipinski definition) is 0. The first-order chi connectivity index (χ1) is 10.9. The molecule has 0 saturated heterocycles. The molecule has 0 radical (unpaired) electrons. The Morgan fingerprint density at radius 2 is 1.50 bits per heavy atom. The first-order valence-electron chi connectivity index (χ1n) is 7.16. The minimum Gasteiger partial charge on any atom is -0.490 e. The molecule has 0 spiro atoms. The summed E-state index contributed by atoms with van der Waals surface area (Å²) < 4.78 is 11.3. The normalized spacial score (nSPS) is 10.4. The van der Waals surface area contributed by atoms with E-state index in [2.05, 4.69) is 0 Å². The number of benzene rings is 3. The maximum Gasteiger partial charge on any atom is 0.154 e. The number of fused-ring (bicyclic) bond motifs is 1. The predicted molar refractivity (Wildman–Crippen MR) is 86.8 cm³/mol. The Hall–Kier alpha value is -2.81. The van der Waals surface area contributed by atoms with Crippen LogP contribution in [0.1, 0.15) is 10.4 Å². The fourth-order valence-electron chi connectivity index (χ4n) is 2.35. The van der Waals surface area contributed by atoms with E-state index in [4.69, 9.17) is 9.47 Å². The van der Waals surface area contributed by atoms with E-state index in [-0.39, 0.29) is 0 Å². The summed E-state index contributed by atoms with van der Waals surface area (Å²) in [5, 5.41) is 1.93. The van der Waals surface area contributed by atoms with Crippen LogP contribution in [0.3, 0.4) is 0 Å². The fraction of sp³-hybridized carbons (Fsp3) is 0.105. The van der Waals surface area contributed by atoms with Gasteiger partial charge in [0.15, 0.2) is 6.29 Å². The monoisotopic (exact) mass is 292 g/mol. The van der Waals surface area contributed by atoms with Crippen LogP contribution in [0, 0.1) is 0 Å². The second-order valence-electron chi connectivity index (χ2n) is 4.83. The van der Waals surface area contributed by atoms with E-state index >= 15 is 0 Å². The summed E-state index contributed by atoms with van der Waals surface area (Å²) in [6.07, 6.45) is 0.843. The summed E-state index contributed by atoms with van der Waals surface area (Å²) in [6.45, 7) is 0.809. The molecule has 0 atom stereocenters. The quantitative estimate of drug-likeness (QED) is 0.506. The average Bonchev–Trinajstić information content (AvgIpc) is 2.59. The molecule has 3 aromatic carbocycles. The number of rotatable bonds is 6. The number of hydrogen-bond acceptors (Lipinski definition) is 3. The van der Waals surface area contributed by atoms with E-state index in [0.717, 1.165) is 22.8 Å². The van der Waals surface area contributed by atoms with Crippen LogP contribution < -0.4 is 9.47 Å². The van der Waals surface area contributed by atoms with Crippen molar-refractivity contribution in [3.05, 3.63) is 72.3 Å². The molecule has 0 aliphatic rings. The van der Waals surface area contributed by atoms with Crippen LogP contribution in [0.2, 0.25) is 0 Å². The van der Waals surface area contributed by atoms with Crippen LogP contribution in [-0.4, -0.2) is 19.5 Å². The molecule has 110 valence electrons. The summed E-state index contributed by atoms with van der Waals surface area (Å²) in [7, 11) is 0. The highest BCUT2D eigenvalue weighted by atomic mass is 16.5. The first-order valence-corrected chi connectivity index (χ1v) is 7.16. The van der Waals surface area contributed by atoms with E-state index in [1.807, 2.05) is 66.7 Å². The smallest absolute Gasteiger partial charge is 0.154 e. The lowest BCUT2D eigenvalue weighted by atomic mass is 10.0. The molecule has 3 nitrogen and oxygen atoms in total. The lowest BCUT2D eigenvalue weighted by molar-refractivity contribution is 0.112. The maximum atomic E-state index is 11.4. The Bertz CT molecular complexity index is 766. The molecule has 0 unspecified atom stereocenters. The van der Waals surface area contributed by atoms with Gasteiger partial charge in [0.05, 0.1) is 5.56 Å². The van der Waals surface area contributed by atoms with Gasteiger partial charge in [0.25, 0.3) is 0 Å². The van der Waals surface area contributed by atoms with E-state index in [0.29, 0.717) is 24.5 Å². The summed E-state index contributed by atoms with van der Waals surface area (Å²) in [5.41, 5.74) is 0.581. The largest absolute Gasteiger partial charge is 0.490 e. The van der Waals surface area contributed by atoms with Gasteiger partial charge in [-0.15, -0.1) is 0 Å². The molecule has 22 heavy (non-hydrogen) atoms. The zero-order valence-electron chi connectivity index (χ0n) is 12.1. The highest BCUT2D eigenvalue weighted by molar-refractivity contribution is 6.00. The van der Waals surface area contributed by atoms with Crippen LogP contribution in [0.5, 0.6) is 11.5 Å². The molecule has 0 aromatic heterocycles. The van der Waals surface area contributed by atoms with Gasteiger partial charge in [-0.25, -0.2) is 0 Å². The number of carbonyl (C=O) groups excluding carboxylic acids is 1. The van der Waals surface area contributed by atoms with Crippen LogP contribution in [0.4, 0.5) is 0 Å². The minimum absolute atomic E-state index is 0.383. The number of para-hydroxylation sites is 1. The van der Waals surface area contributed by atoms with Crippen molar-refractivity contribution in [1.29, 1.82) is 0 Å². The molecule has 0 N–H and O–H groups in total. The van der Waals surface area contributed by atoms with Gasteiger partial charge >= 0.3 is 0 Å². The highest BCUT2D eigenvalue weighted by Gasteiger charge is 2.07. The van der Waals surface area contributed by atoms with Crippen molar-refractivity contribution in [2.75, 3.05) is 13.2 Å². The SMILES string of the molecule is O=Cc1c(OCCOc2ccccc2)ccc2ccccc12. The van der Waals surface area contributed by atoms with E-state index in [1.54, 1.807) is 0 Å². The molecule has 0 aliphatic carbocycles. The van der Waals surface area contributed by atoms with Crippen molar-refractivity contribution in [3.63, 3.8) is 0 Å². The van der Waals surface area contributed by atoms with Crippen molar-refractivity contribution >= 4 is 17.1 Å². The summed E-state index contributed by atoms with van der Waals surface area (Å²) >= 11 is 0. The van der Waals surface area contributed by atoms with Crippen LogP contribution in [-0.2, 0) is 0 Å². The Balaban J connectivity index is 1.67. The number of carbonyl (C=O) groups is 1. The van der Waals surface area contributed by atoms with Gasteiger partial charge < -0.3 is 9.47 Å².